The maximum Gasteiger partial charge on any atom is 0.0802 e. The Bertz CT molecular complexity index is 167. The van der Waals surface area contributed by atoms with Crippen molar-refractivity contribution >= 4 is 0 Å². The topological polar surface area (TPSA) is 23.5 Å². The van der Waals surface area contributed by atoms with Gasteiger partial charge in [0.2, 0.25) is 0 Å². The molecule has 2 fully saturated rings. The summed E-state index contributed by atoms with van der Waals surface area (Å²) in [4.78, 5) is 2.35. The molecule has 0 bridgehead atoms. The van der Waals surface area contributed by atoms with Crippen molar-refractivity contribution in [2.24, 2.45) is 0 Å². The number of nitrogens with zero attached hydrogens (tertiary/aromatic N) is 1. The van der Waals surface area contributed by atoms with Crippen LogP contribution in [0.2, 0.25) is 0 Å². The quantitative estimate of drug-likeness (QED) is 0.592. The van der Waals surface area contributed by atoms with Gasteiger partial charge in [0, 0.05) is 6.04 Å². The lowest BCUT2D eigenvalue weighted by Crippen LogP contribution is -2.56. The molecule has 70 valence electrons. The van der Waals surface area contributed by atoms with Crippen molar-refractivity contribution in [3.8, 4) is 0 Å². The molecule has 1 saturated carbocycles. The Balaban J connectivity index is 2.12. The predicted molar refractivity (Wildman–Crippen MR) is 49.1 cm³/mol. The van der Waals surface area contributed by atoms with Crippen molar-refractivity contribution in [1.29, 1.82) is 0 Å². The number of hydrogen-bond donors (Lipinski definition) is 1. The lowest BCUT2D eigenvalue weighted by Gasteiger charge is -2.48. The minimum atomic E-state index is -0.328. The summed E-state index contributed by atoms with van der Waals surface area (Å²) >= 11 is 0. The van der Waals surface area contributed by atoms with Gasteiger partial charge in [-0.1, -0.05) is 12.8 Å². The van der Waals surface area contributed by atoms with Crippen LogP contribution in [0.4, 0.5) is 0 Å². The molecule has 0 amide bonds. The molecule has 0 spiro atoms. The smallest absolute Gasteiger partial charge is 0.0802 e. The first-order valence-corrected chi connectivity index (χ1v) is 5.15. The van der Waals surface area contributed by atoms with E-state index < -0.39 is 0 Å². The van der Waals surface area contributed by atoms with Crippen LogP contribution in [0.1, 0.15) is 38.5 Å². The second-order valence-corrected chi connectivity index (χ2v) is 4.45. The molecule has 2 rings (SSSR count). The third-order valence-electron chi connectivity index (χ3n) is 3.61. The molecule has 0 radical (unpaired) electrons. The third kappa shape index (κ3) is 1.27. The van der Waals surface area contributed by atoms with E-state index in [2.05, 4.69) is 11.9 Å². The normalized spacial score (nSPS) is 44.0. The highest BCUT2D eigenvalue weighted by Crippen LogP contribution is 2.37. The molecular formula is C10H19NO. The van der Waals surface area contributed by atoms with E-state index in [1.165, 1.54) is 32.2 Å². The fourth-order valence-corrected chi connectivity index (χ4v) is 2.92. The lowest BCUT2D eigenvalue weighted by molar-refractivity contribution is -0.0955. The standard InChI is InChI=1S/C10H19NO/c1-11-8-4-7-10(12)6-3-2-5-9(10)11/h9,12H,2-8H2,1H3. The van der Waals surface area contributed by atoms with Crippen molar-refractivity contribution in [2.45, 2.75) is 50.2 Å². The summed E-state index contributed by atoms with van der Waals surface area (Å²) in [6.07, 6.45) is 6.96. The van der Waals surface area contributed by atoms with Crippen LogP contribution < -0.4 is 0 Å². The number of aliphatic hydroxyl groups is 1. The van der Waals surface area contributed by atoms with Crippen molar-refractivity contribution in [2.75, 3.05) is 13.6 Å². The first-order valence-electron chi connectivity index (χ1n) is 5.15. The highest BCUT2D eigenvalue weighted by atomic mass is 16.3. The number of rotatable bonds is 0. The van der Waals surface area contributed by atoms with Crippen molar-refractivity contribution in [3.05, 3.63) is 0 Å². The van der Waals surface area contributed by atoms with Crippen molar-refractivity contribution in [3.63, 3.8) is 0 Å². The molecule has 2 aliphatic rings. The van der Waals surface area contributed by atoms with Crippen LogP contribution in [-0.4, -0.2) is 35.2 Å². The van der Waals surface area contributed by atoms with Crippen LogP contribution in [0.15, 0.2) is 0 Å². The number of likely N-dealkylation sites (N-methyl/N-ethyl adjacent to an activating group) is 1. The summed E-state index contributed by atoms with van der Waals surface area (Å²) in [5.41, 5.74) is -0.328. The largest absolute Gasteiger partial charge is 0.388 e. The Morgan fingerprint density at radius 2 is 2.00 bits per heavy atom. The van der Waals surface area contributed by atoms with Crippen LogP contribution >= 0.6 is 0 Å². The highest BCUT2D eigenvalue weighted by molar-refractivity contribution is 4.98. The number of fused-ring (bicyclic) bond motifs is 1. The van der Waals surface area contributed by atoms with Gasteiger partial charge in [0.25, 0.3) is 0 Å². The minimum absolute atomic E-state index is 0.328. The minimum Gasteiger partial charge on any atom is -0.388 e. The summed E-state index contributed by atoms with van der Waals surface area (Å²) in [6, 6.07) is 0.458. The molecule has 2 nitrogen and oxygen atoms in total. The van der Waals surface area contributed by atoms with Gasteiger partial charge in [0.05, 0.1) is 5.60 Å². The fourth-order valence-electron chi connectivity index (χ4n) is 2.92. The SMILES string of the molecule is CN1CCCC2(O)CCCCC12. The van der Waals surface area contributed by atoms with Crippen LogP contribution in [0.25, 0.3) is 0 Å². The Hall–Kier alpha value is -0.0800. The van der Waals surface area contributed by atoms with E-state index in [1.54, 1.807) is 0 Å². The van der Waals surface area contributed by atoms with Gasteiger partial charge < -0.3 is 10.0 Å². The zero-order valence-corrected chi connectivity index (χ0v) is 7.92. The van der Waals surface area contributed by atoms with Gasteiger partial charge in [0.1, 0.15) is 0 Å². The summed E-state index contributed by atoms with van der Waals surface area (Å²) in [7, 11) is 2.15. The van der Waals surface area contributed by atoms with E-state index in [1.807, 2.05) is 0 Å². The molecule has 1 aliphatic carbocycles. The average Bonchev–Trinajstić information content (AvgIpc) is 2.04. The Kier molecular flexibility index (Phi) is 2.13. The Morgan fingerprint density at radius 1 is 1.25 bits per heavy atom. The summed E-state index contributed by atoms with van der Waals surface area (Å²) in [5, 5.41) is 10.3. The number of likely N-dealkylation sites (tertiary alicyclic amines) is 1. The third-order valence-corrected chi connectivity index (χ3v) is 3.61. The molecule has 1 heterocycles. The molecule has 0 aromatic heterocycles. The molecule has 1 saturated heterocycles. The van der Waals surface area contributed by atoms with E-state index in [0.717, 1.165) is 12.8 Å². The van der Waals surface area contributed by atoms with Gasteiger partial charge in [-0.2, -0.15) is 0 Å². The first kappa shape index (κ1) is 8.52. The van der Waals surface area contributed by atoms with Crippen molar-refractivity contribution in [1.82, 2.24) is 4.90 Å². The Labute approximate surface area is 74.6 Å². The van der Waals surface area contributed by atoms with Crippen LogP contribution in [0.3, 0.4) is 0 Å². The van der Waals surface area contributed by atoms with E-state index in [0.29, 0.717) is 6.04 Å². The molecule has 12 heavy (non-hydrogen) atoms. The molecule has 1 aliphatic heterocycles. The van der Waals surface area contributed by atoms with E-state index >= 15 is 0 Å². The molecular weight excluding hydrogens is 150 g/mol. The van der Waals surface area contributed by atoms with Crippen molar-refractivity contribution < 1.29 is 5.11 Å². The van der Waals surface area contributed by atoms with Gasteiger partial charge in [-0.05, 0) is 39.3 Å². The van der Waals surface area contributed by atoms with E-state index in [-0.39, 0.29) is 5.60 Å². The molecule has 0 aromatic carbocycles. The van der Waals surface area contributed by atoms with Gasteiger partial charge in [-0.25, -0.2) is 0 Å². The summed E-state index contributed by atoms with van der Waals surface area (Å²) < 4.78 is 0. The summed E-state index contributed by atoms with van der Waals surface area (Å²) in [5.74, 6) is 0. The van der Waals surface area contributed by atoms with E-state index in [4.69, 9.17) is 0 Å². The van der Waals surface area contributed by atoms with Gasteiger partial charge in [-0.15, -0.1) is 0 Å². The number of hydrogen-bond acceptors (Lipinski definition) is 2. The number of piperidine rings is 1. The molecule has 1 N–H and O–H groups in total. The van der Waals surface area contributed by atoms with Crippen LogP contribution in [0.5, 0.6) is 0 Å². The maximum atomic E-state index is 10.3. The second-order valence-electron chi connectivity index (χ2n) is 4.45. The van der Waals surface area contributed by atoms with Gasteiger partial charge in [-0.3, -0.25) is 0 Å². The molecule has 2 unspecified atom stereocenters. The molecule has 2 heteroatoms. The fraction of sp³-hybridized carbons (Fsp3) is 1.00. The van der Waals surface area contributed by atoms with Gasteiger partial charge in [0.15, 0.2) is 0 Å². The second kappa shape index (κ2) is 3.00. The zero-order chi connectivity index (χ0) is 8.60. The highest BCUT2D eigenvalue weighted by Gasteiger charge is 2.42. The average molecular weight is 169 g/mol. The monoisotopic (exact) mass is 169 g/mol. The summed E-state index contributed by atoms with van der Waals surface area (Å²) in [6.45, 7) is 1.17. The maximum absolute atomic E-state index is 10.3. The Morgan fingerprint density at radius 3 is 2.75 bits per heavy atom. The molecule has 2 atom stereocenters. The zero-order valence-electron chi connectivity index (χ0n) is 7.92. The van der Waals surface area contributed by atoms with Crippen LogP contribution in [-0.2, 0) is 0 Å². The first-order chi connectivity index (χ1) is 5.72. The van der Waals surface area contributed by atoms with E-state index in [9.17, 15) is 5.11 Å². The van der Waals surface area contributed by atoms with Crippen LogP contribution in [0, 0.1) is 0 Å². The lowest BCUT2D eigenvalue weighted by atomic mass is 9.74. The predicted octanol–water partition coefficient (Wildman–Crippen LogP) is 1.39. The molecule has 0 aromatic rings. The van der Waals surface area contributed by atoms with Gasteiger partial charge >= 0.3 is 0 Å².